The van der Waals surface area contributed by atoms with E-state index in [0.29, 0.717) is 17.3 Å². The Kier molecular flexibility index (Phi) is 3.09. The second-order valence-electron chi connectivity index (χ2n) is 6.85. The van der Waals surface area contributed by atoms with Gasteiger partial charge in [-0.2, -0.15) is 0 Å². The van der Waals surface area contributed by atoms with Crippen LogP contribution in [0.1, 0.15) is 59.3 Å². The molecule has 2 heteroatoms. The van der Waals surface area contributed by atoms with Gasteiger partial charge in [-0.3, -0.25) is 0 Å². The fourth-order valence-corrected chi connectivity index (χ4v) is 3.89. The molecule has 2 nitrogen and oxygen atoms in total. The van der Waals surface area contributed by atoms with E-state index in [1.807, 2.05) is 13.8 Å². The van der Waals surface area contributed by atoms with Gasteiger partial charge in [-0.15, -0.1) is 0 Å². The van der Waals surface area contributed by atoms with Crippen LogP contribution in [0, 0.1) is 17.3 Å². The Bertz CT molecular complexity index is 256. The third-order valence-electron chi connectivity index (χ3n) is 5.21. The van der Waals surface area contributed by atoms with E-state index in [-0.39, 0.29) is 6.10 Å². The van der Waals surface area contributed by atoms with Crippen molar-refractivity contribution >= 4 is 0 Å². The van der Waals surface area contributed by atoms with Gasteiger partial charge < -0.3 is 10.2 Å². The van der Waals surface area contributed by atoms with Gasteiger partial charge in [0.25, 0.3) is 0 Å². The van der Waals surface area contributed by atoms with Crippen LogP contribution in [0.25, 0.3) is 0 Å². The minimum atomic E-state index is -0.585. The smallest absolute Gasteiger partial charge is 0.0619 e. The average molecular weight is 226 g/mol. The van der Waals surface area contributed by atoms with E-state index in [2.05, 4.69) is 6.92 Å². The number of fused-ring (bicyclic) bond motifs is 1. The molecule has 0 aliphatic heterocycles. The largest absolute Gasteiger partial charge is 0.393 e. The highest BCUT2D eigenvalue weighted by Crippen LogP contribution is 2.53. The summed E-state index contributed by atoms with van der Waals surface area (Å²) in [5.74, 6) is 0.768. The first-order valence-corrected chi connectivity index (χ1v) is 6.73. The summed E-state index contributed by atoms with van der Waals surface area (Å²) in [6.07, 6.45) is 6.53. The van der Waals surface area contributed by atoms with Gasteiger partial charge in [0.05, 0.1) is 11.7 Å². The van der Waals surface area contributed by atoms with E-state index in [1.165, 1.54) is 19.3 Å². The molecule has 0 aromatic heterocycles. The second kappa shape index (κ2) is 3.99. The predicted octanol–water partition coefficient (Wildman–Crippen LogP) is 2.72. The first-order valence-electron chi connectivity index (χ1n) is 6.73. The molecule has 0 unspecified atom stereocenters. The molecule has 2 saturated carbocycles. The molecular formula is C14H26O2. The third-order valence-corrected chi connectivity index (χ3v) is 5.21. The summed E-state index contributed by atoms with van der Waals surface area (Å²) in [6, 6.07) is 0. The summed E-state index contributed by atoms with van der Waals surface area (Å²) in [4.78, 5) is 0. The summed E-state index contributed by atoms with van der Waals surface area (Å²) < 4.78 is 0. The van der Waals surface area contributed by atoms with E-state index in [4.69, 9.17) is 0 Å². The average Bonchev–Trinajstić information content (AvgIpc) is 2.15. The zero-order valence-corrected chi connectivity index (χ0v) is 10.9. The fourth-order valence-electron chi connectivity index (χ4n) is 3.89. The van der Waals surface area contributed by atoms with Crippen molar-refractivity contribution in [3.8, 4) is 0 Å². The van der Waals surface area contributed by atoms with Crippen LogP contribution in [0.4, 0.5) is 0 Å². The summed E-state index contributed by atoms with van der Waals surface area (Å²) in [6.45, 7) is 6.16. The van der Waals surface area contributed by atoms with Crippen molar-refractivity contribution in [2.45, 2.75) is 71.0 Å². The molecule has 4 atom stereocenters. The highest BCUT2D eigenvalue weighted by molar-refractivity contribution is 4.98. The van der Waals surface area contributed by atoms with Gasteiger partial charge in [-0.05, 0) is 63.2 Å². The van der Waals surface area contributed by atoms with Crippen molar-refractivity contribution in [1.82, 2.24) is 0 Å². The molecule has 2 rings (SSSR count). The zero-order valence-electron chi connectivity index (χ0n) is 10.9. The molecule has 0 spiro atoms. The quantitative estimate of drug-likeness (QED) is 0.721. The van der Waals surface area contributed by atoms with Crippen molar-refractivity contribution < 1.29 is 10.2 Å². The third kappa shape index (κ3) is 2.14. The SMILES string of the molecule is CC(C)(O)[C@@H]1CC[C@@]2(C)CCC[C@@H](O)[C@@H]2C1. The lowest BCUT2D eigenvalue weighted by Crippen LogP contribution is -2.48. The lowest BCUT2D eigenvalue weighted by molar-refractivity contribution is -0.0964. The normalized spacial score (nSPS) is 45.2. The topological polar surface area (TPSA) is 40.5 Å². The molecule has 16 heavy (non-hydrogen) atoms. The van der Waals surface area contributed by atoms with E-state index >= 15 is 0 Å². The van der Waals surface area contributed by atoms with Crippen LogP contribution in [0.15, 0.2) is 0 Å². The van der Waals surface area contributed by atoms with E-state index in [1.54, 1.807) is 0 Å². The summed E-state index contributed by atoms with van der Waals surface area (Å²) in [5, 5.41) is 20.3. The minimum Gasteiger partial charge on any atom is -0.393 e. The first kappa shape index (κ1) is 12.4. The van der Waals surface area contributed by atoms with E-state index in [9.17, 15) is 10.2 Å². The summed E-state index contributed by atoms with van der Waals surface area (Å²) in [5.41, 5.74) is -0.252. The monoisotopic (exact) mass is 226 g/mol. The maximum absolute atomic E-state index is 10.2. The molecule has 0 bridgehead atoms. The Balaban J connectivity index is 2.12. The molecule has 2 N–H and O–H groups in total. The predicted molar refractivity (Wildman–Crippen MR) is 65.1 cm³/mol. The molecule has 0 radical (unpaired) electrons. The Hall–Kier alpha value is -0.0800. The van der Waals surface area contributed by atoms with Crippen LogP contribution in [-0.4, -0.2) is 21.9 Å². The molecule has 2 fully saturated rings. The van der Waals surface area contributed by atoms with Crippen LogP contribution < -0.4 is 0 Å². The molecular weight excluding hydrogens is 200 g/mol. The van der Waals surface area contributed by atoms with Crippen molar-refractivity contribution in [3.05, 3.63) is 0 Å². The van der Waals surface area contributed by atoms with E-state index < -0.39 is 5.60 Å². The van der Waals surface area contributed by atoms with Gasteiger partial charge in [0.1, 0.15) is 0 Å². The molecule has 2 aliphatic carbocycles. The highest BCUT2D eigenvalue weighted by atomic mass is 16.3. The van der Waals surface area contributed by atoms with Gasteiger partial charge in [0.2, 0.25) is 0 Å². The van der Waals surface area contributed by atoms with Crippen molar-refractivity contribution in [2.75, 3.05) is 0 Å². The van der Waals surface area contributed by atoms with Crippen LogP contribution in [0.5, 0.6) is 0 Å². The van der Waals surface area contributed by atoms with Gasteiger partial charge in [-0.1, -0.05) is 13.3 Å². The number of aliphatic hydroxyl groups excluding tert-OH is 1. The van der Waals surface area contributed by atoms with Crippen molar-refractivity contribution in [1.29, 1.82) is 0 Å². The van der Waals surface area contributed by atoms with Crippen LogP contribution in [-0.2, 0) is 0 Å². The van der Waals surface area contributed by atoms with E-state index in [0.717, 1.165) is 19.3 Å². The molecule has 0 heterocycles. The van der Waals surface area contributed by atoms with Gasteiger partial charge in [0, 0.05) is 0 Å². The number of hydrogen-bond acceptors (Lipinski definition) is 2. The standard InChI is InChI=1S/C14H26O2/c1-13(2,16)10-6-8-14(3)7-4-5-12(15)11(14)9-10/h10-12,15-16H,4-9H2,1-3H3/t10-,11+,12-,14-/m1/s1. The highest BCUT2D eigenvalue weighted by Gasteiger charge is 2.47. The summed E-state index contributed by atoms with van der Waals surface area (Å²) >= 11 is 0. The molecule has 0 saturated heterocycles. The molecule has 0 aromatic rings. The molecule has 94 valence electrons. The second-order valence-corrected chi connectivity index (χ2v) is 6.85. The minimum absolute atomic E-state index is 0.135. The summed E-state index contributed by atoms with van der Waals surface area (Å²) in [7, 11) is 0. The Morgan fingerprint density at radius 1 is 1.19 bits per heavy atom. The van der Waals surface area contributed by atoms with Crippen LogP contribution in [0.3, 0.4) is 0 Å². The van der Waals surface area contributed by atoms with Gasteiger partial charge in [0.15, 0.2) is 0 Å². The fraction of sp³-hybridized carbons (Fsp3) is 1.00. The lowest BCUT2D eigenvalue weighted by atomic mass is 9.55. The number of rotatable bonds is 1. The van der Waals surface area contributed by atoms with Crippen molar-refractivity contribution in [2.24, 2.45) is 17.3 Å². The van der Waals surface area contributed by atoms with Crippen molar-refractivity contribution in [3.63, 3.8) is 0 Å². The maximum Gasteiger partial charge on any atom is 0.0619 e. The Morgan fingerprint density at radius 2 is 1.88 bits per heavy atom. The molecule has 2 aliphatic rings. The molecule has 0 aromatic carbocycles. The first-order chi connectivity index (χ1) is 7.33. The van der Waals surface area contributed by atoms with Crippen LogP contribution >= 0.6 is 0 Å². The van der Waals surface area contributed by atoms with Gasteiger partial charge in [-0.25, -0.2) is 0 Å². The van der Waals surface area contributed by atoms with Gasteiger partial charge >= 0.3 is 0 Å². The lowest BCUT2D eigenvalue weighted by Gasteiger charge is -2.51. The van der Waals surface area contributed by atoms with Crippen LogP contribution in [0.2, 0.25) is 0 Å². The molecule has 0 amide bonds. The number of aliphatic hydroxyl groups is 2. The zero-order chi connectivity index (χ0) is 12.0. The number of hydrogen-bond donors (Lipinski definition) is 2. The Labute approximate surface area is 99.1 Å². The Morgan fingerprint density at radius 3 is 2.50 bits per heavy atom. The maximum atomic E-state index is 10.2.